The van der Waals surface area contributed by atoms with Crippen LogP contribution in [0.2, 0.25) is 0 Å². The van der Waals surface area contributed by atoms with Crippen molar-refractivity contribution < 1.29 is 4.74 Å². The summed E-state index contributed by atoms with van der Waals surface area (Å²) < 4.78 is 5.13. The van der Waals surface area contributed by atoms with E-state index in [1.165, 1.54) is 0 Å². The molecule has 0 aromatic carbocycles. The summed E-state index contributed by atoms with van der Waals surface area (Å²) in [7, 11) is 0. The van der Waals surface area contributed by atoms with E-state index in [4.69, 9.17) is 10.1 Å². The van der Waals surface area contributed by atoms with Crippen molar-refractivity contribution in [2.24, 2.45) is 0 Å². The Hall–Kier alpha value is 0.0700. The number of nitrogens with zero attached hydrogens (tertiary/aromatic N) is 1. The highest BCUT2D eigenvalue weighted by atomic mass is 35.5. The summed E-state index contributed by atoms with van der Waals surface area (Å²) in [6.07, 6.45) is 0. The van der Waals surface area contributed by atoms with Crippen molar-refractivity contribution >= 4 is 30.9 Å². The second-order valence-corrected chi connectivity index (χ2v) is 2.52. The standard InChI is InChI=1S/C6H12N2OS.ClH/c7-6(5-10)8-1-3-9-4-2-8;/h7,10H,1-5H2;1H. The zero-order valence-corrected chi connectivity index (χ0v) is 7.96. The van der Waals surface area contributed by atoms with Crippen LogP contribution in [-0.4, -0.2) is 42.8 Å². The molecule has 1 N–H and O–H groups in total. The number of thiol groups is 1. The van der Waals surface area contributed by atoms with Crippen LogP contribution >= 0.6 is 25.0 Å². The fourth-order valence-electron chi connectivity index (χ4n) is 0.933. The second-order valence-electron chi connectivity index (χ2n) is 2.20. The van der Waals surface area contributed by atoms with Gasteiger partial charge in [-0.2, -0.15) is 12.6 Å². The summed E-state index contributed by atoms with van der Waals surface area (Å²) in [5.74, 6) is 1.13. The van der Waals surface area contributed by atoms with Gasteiger partial charge in [0.05, 0.1) is 13.2 Å². The van der Waals surface area contributed by atoms with Gasteiger partial charge in [0.2, 0.25) is 0 Å². The molecule has 1 aliphatic heterocycles. The molecule has 0 aromatic rings. The molecule has 1 saturated heterocycles. The molecule has 0 amide bonds. The van der Waals surface area contributed by atoms with E-state index >= 15 is 0 Å². The first kappa shape index (κ1) is 11.1. The number of hydrogen-bond acceptors (Lipinski definition) is 3. The van der Waals surface area contributed by atoms with Crippen LogP contribution in [0.5, 0.6) is 0 Å². The molecule has 0 spiro atoms. The first-order chi connectivity index (χ1) is 4.84. The van der Waals surface area contributed by atoms with Gasteiger partial charge in [0.1, 0.15) is 5.84 Å². The molecule has 1 heterocycles. The molecular weight excluding hydrogens is 184 g/mol. The van der Waals surface area contributed by atoms with Crippen LogP contribution in [0, 0.1) is 5.41 Å². The molecule has 0 aliphatic carbocycles. The molecule has 1 rings (SSSR count). The molecule has 3 nitrogen and oxygen atoms in total. The van der Waals surface area contributed by atoms with Crippen LogP contribution in [0.25, 0.3) is 0 Å². The lowest BCUT2D eigenvalue weighted by atomic mass is 10.4. The average molecular weight is 197 g/mol. The zero-order chi connectivity index (χ0) is 7.40. The Kier molecular flexibility index (Phi) is 5.72. The van der Waals surface area contributed by atoms with Crippen LogP contribution in [0.3, 0.4) is 0 Å². The minimum Gasteiger partial charge on any atom is -0.378 e. The highest BCUT2D eigenvalue weighted by Crippen LogP contribution is 1.97. The summed E-state index contributed by atoms with van der Waals surface area (Å²) in [5, 5.41) is 7.43. The van der Waals surface area contributed by atoms with Gasteiger partial charge < -0.3 is 9.64 Å². The van der Waals surface area contributed by atoms with Gasteiger partial charge in [-0.3, -0.25) is 5.41 Å². The molecule has 66 valence electrons. The predicted octanol–water partition coefficient (Wildman–Crippen LogP) is 0.647. The Morgan fingerprint density at radius 1 is 1.45 bits per heavy atom. The van der Waals surface area contributed by atoms with Crippen molar-refractivity contribution in [1.82, 2.24) is 4.90 Å². The number of morpholine rings is 1. The van der Waals surface area contributed by atoms with Crippen molar-refractivity contribution in [3.05, 3.63) is 0 Å². The van der Waals surface area contributed by atoms with Crippen LogP contribution in [0.4, 0.5) is 0 Å². The van der Waals surface area contributed by atoms with Gasteiger partial charge in [0.15, 0.2) is 0 Å². The highest BCUT2D eigenvalue weighted by Gasteiger charge is 2.11. The van der Waals surface area contributed by atoms with E-state index < -0.39 is 0 Å². The second kappa shape index (κ2) is 5.69. The minimum absolute atomic E-state index is 0. The molecule has 1 aliphatic rings. The van der Waals surface area contributed by atoms with E-state index in [2.05, 4.69) is 12.6 Å². The summed E-state index contributed by atoms with van der Waals surface area (Å²) >= 11 is 4.02. The Labute approximate surface area is 78.4 Å². The maximum absolute atomic E-state index is 7.43. The third kappa shape index (κ3) is 3.31. The number of hydrogen-bond donors (Lipinski definition) is 2. The molecule has 0 atom stereocenters. The molecule has 0 unspecified atom stereocenters. The Balaban J connectivity index is 0.000001000. The van der Waals surface area contributed by atoms with Crippen molar-refractivity contribution in [2.45, 2.75) is 0 Å². The Morgan fingerprint density at radius 2 is 2.00 bits per heavy atom. The normalized spacial score (nSPS) is 17.4. The Bertz CT molecular complexity index is 128. The fourth-order valence-corrected chi connectivity index (χ4v) is 1.13. The topological polar surface area (TPSA) is 36.3 Å². The molecule has 5 heteroatoms. The summed E-state index contributed by atoms with van der Waals surface area (Å²) in [5.41, 5.74) is 0. The lowest BCUT2D eigenvalue weighted by molar-refractivity contribution is 0.0676. The van der Waals surface area contributed by atoms with Gasteiger partial charge in [-0.25, -0.2) is 0 Å². The summed E-state index contributed by atoms with van der Waals surface area (Å²) in [6, 6.07) is 0. The van der Waals surface area contributed by atoms with E-state index in [1.54, 1.807) is 0 Å². The van der Waals surface area contributed by atoms with Gasteiger partial charge in [-0.1, -0.05) is 0 Å². The number of rotatable bonds is 1. The molecule has 1 fully saturated rings. The maximum atomic E-state index is 7.43. The van der Waals surface area contributed by atoms with Crippen LogP contribution in [0.15, 0.2) is 0 Å². The van der Waals surface area contributed by atoms with E-state index in [0.717, 1.165) is 26.3 Å². The van der Waals surface area contributed by atoms with E-state index in [1.807, 2.05) is 4.90 Å². The van der Waals surface area contributed by atoms with Crippen molar-refractivity contribution in [2.75, 3.05) is 32.1 Å². The maximum Gasteiger partial charge on any atom is 0.106 e. The number of ether oxygens (including phenoxy) is 1. The van der Waals surface area contributed by atoms with Gasteiger partial charge in [0, 0.05) is 18.8 Å². The van der Waals surface area contributed by atoms with E-state index in [0.29, 0.717) is 11.6 Å². The monoisotopic (exact) mass is 196 g/mol. The highest BCUT2D eigenvalue weighted by molar-refractivity contribution is 7.81. The van der Waals surface area contributed by atoms with E-state index in [-0.39, 0.29) is 12.4 Å². The molecule has 0 aromatic heterocycles. The summed E-state index contributed by atoms with van der Waals surface area (Å²) in [6.45, 7) is 3.19. The lowest BCUT2D eigenvalue weighted by Gasteiger charge is -2.28. The smallest absolute Gasteiger partial charge is 0.106 e. The molecule has 0 saturated carbocycles. The SMILES string of the molecule is Cl.N=C(CS)N1CCOCC1. The van der Waals surface area contributed by atoms with Crippen LogP contribution in [-0.2, 0) is 4.74 Å². The van der Waals surface area contributed by atoms with Crippen molar-refractivity contribution in [1.29, 1.82) is 5.41 Å². The van der Waals surface area contributed by atoms with Crippen LogP contribution in [0.1, 0.15) is 0 Å². The lowest BCUT2D eigenvalue weighted by Crippen LogP contribution is -2.40. The number of halogens is 1. The average Bonchev–Trinajstić information content (AvgIpc) is 2.05. The van der Waals surface area contributed by atoms with E-state index in [9.17, 15) is 0 Å². The third-order valence-corrected chi connectivity index (χ3v) is 1.84. The van der Waals surface area contributed by atoms with Gasteiger partial charge in [0.25, 0.3) is 0 Å². The molecule has 11 heavy (non-hydrogen) atoms. The largest absolute Gasteiger partial charge is 0.378 e. The van der Waals surface area contributed by atoms with Gasteiger partial charge >= 0.3 is 0 Å². The fraction of sp³-hybridized carbons (Fsp3) is 0.833. The number of amidine groups is 1. The zero-order valence-electron chi connectivity index (χ0n) is 6.25. The minimum atomic E-state index is 0. The van der Waals surface area contributed by atoms with Gasteiger partial charge in [-0.15, -0.1) is 12.4 Å². The first-order valence-corrected chi connectivity index (χ1v) is 3.99. The Morgan fingerprint density at radius 3 is 2.45 bits per heavy atom. The predicted molar refractivity (Wildman–Crippen MR) is 51.2 cm³/mol. The van der Waals surface area contributed by atoms with Crippen molar-refractivity contribution in [3.8, 4) is 0 Å². The molecule has 0 bridgehead atoms. The summed E-state index contributed by atoms with van der Waals surface area (Å²) in [4.78, 5) is 2.00. The van der Waals surface area contributed by atoms with Gasteiger partial charge in [-0.05, 0) is 0 Å². The molecular formula is C6H13ClN2OS. The number of nitrogens with one attached hydrogen (secondary N) is 1. The third-order valence-electron chi connectivity index (χ3n) is 1.54. The van der Waals surface area contributed by atoms with Crippen LogP contribution < -0.4 is 0 Å². The quantitative estimate of drug-likeness (QED) is 0.367. The molecule has 0 radical (unpaired) electrons. The van der Waals surface area contributed by atoms with Crippen molar-refractivity contribution in [3.63, 3.8) is 0 Å². The first-order valence-electron chi connectivity index (χ1n) is 3.35.